The summed E-state index contributed by atoms with van der Waals surface area (Å²) in [5.74, 6) is -0.218. The molecule has 100 valence electrons. The van der Waals surface area contributed by atoms with Crippen LogP contribution in [-0.2, 0) is 0 Å². The number of likely N-dealkylation sites (tertiary alicyclic amines) is 1. The van der Waals surface area contributed by atoms with Crippen LogP contribution in [0.3, 0.4) is 0 Å². The van der Waals surface area contributed by atoms with Crippen molar-refractivity contribution >= 4 is 11.4 Å². The van der Waals surface area contributed by atoms with Gasteiger partial charge in [0.05, 0.1) is 18.5 Å². The molecule has 0 aliphatic carbocycles. The van der Waals surface area contributed by atoms with Gasteiger partial charge in [-0.25, -0.2) is 4.39 Å². The van der Waals surface area contributed by atoms with E-state index in [1.165, 1.54) is 26.0 Å². The number of ether oxygens (including phenoxy) is 1. The van der Waals surface area contributed by atoms with Gasteiger partial charge in [-0.1, -0.05) is 0 Å². The lowest BCUT2D eigenvalue weighted by atomic mass is 10.2. The lowest BCUT2D eigenvalue weighted by Crippen LogP contribution is -2.31. The fourth-order valence-electron chi connectivity index (χ4n) is 2.34. The van der Waals surface area contributed by atoms with Gasteiger partial charge in [-0.15, -0.1) is 0 Å². The van der Waals surface area contributed by atoms with Crippen LogP contribution < -0.4 is 15.8 Å². The van der Waals surface area contributed by atoms with E-state index in [0.29, 0.717) is 11.7 Å². The molecule has 1 aliphatic heterocycles. The van der Waals surface area contributed by atoms with Crippen molar-refractivity contribution in [1.29, 1.82) is 0 Å². The maximum Gasteiger partial charge on any atom is 0.167 e. The normalized spacial score (nSPS) is 20.1. The molecule has 1 heterocycles. The zero-order valence-electron chi connectivity index (χ0n) is 10.9. The first kappa shape index (κ1) is 13.0. The zero-order valence-corrected chi connectivity index (χ0v) is 10.9. The first-order chi connectivity index (χ1) is 8.61. The minimum absolute atomic E-state index is 0.214. The molecule has 1 aromatic rings. The molecule has 0 bridgehead atoms. The number of methoxy groups -OCH3 is 1. The number of nitrogen functional groups attached to an aromatic ring is 1. The average Bonchev–Trinajstić information content (AvgIpc) is 2.74. The smallest absolute Gasteiger partial charge is 0.167 e. The Bertz CT molecular complexity index is 425. The quantitative estimate of drug-likeness (QED) is 0.805. The van der Waals surface area contributed by atoms with Gasteiger partial charge >= 0.3 is 0 Å². The predicted octanol–water partition coefficient (Wildman–Crippen LogP) is 1.92. The maximum atomic E-state index is 13.4. The molecule has 1 aromatic carbocycles. The second-order valence-corrected chi connectivity index (χ2v) is 4.73. The highest BCUT2D eigenvalue weighted by Gasteiger charge is 2.20. The first-order valence-corrected chi connectivity index (χ1v) is 6.19. The van der Waals surface area contributed by atoms with E-state index in [9.17, 15) is 4.39 Å². The van der Waals surface area contributed by atoms with Crippen molar-refractivity contribution in [2.45, 2.75) is 18.9 Å². The molecule has 0 radical (unpaired) electrons. The molecule has 0 amide bonds. The number of likely N-dealkylation sites (N-methyl/N-ethyl adjacent to an activating group) is 1. The summed E-state index contributed by atoms with van der Waals surface area (Å²) in [5.41, 5.74) is 6.93. The molecule has 1 unspecified atom stereocenters. The summed E-state index contributed by atoms with van der Waals surface area (Å²) in [6, 6.07) is 3.42. The highest BCUT2D eigenvalue weighted by molar-refractivity contribution is 5.68. The molecule has 3 N–H and O–H groups in total. The Morgan fingerprint density at radius 2 is 2.33 bits per heavy atom. The van der Waals surface area contributed by atoms with Crippen LogP contribution in [0.1, 0.15) is 12.8 Å². The molecule has 1 aliphatic rings. The number of nitrogens with zero attached hydrogens (tertiary/aromatic N) is 1. The number of nitrogens with one attached hydrogen (secondary N) is 1. The van der Waals surface area contributed by atoms with Crippen LogP contribution in [-0.4, -0.2) is 38.2 Å². The highest BCUT2D eigenvalue weighted by atomic mass is 19.1. The molecule has 1 fully saturated rings. The van der Waals surface area contributed by atoms with Crippen molar-refractivity contribution in [2.75, 3.05) is 38.3 Å². The van der Waals surface area contributed by atoms with Crippen molar-refractivity contribution in [3.8, 4) is 5.75 Å². The fraction of sp³-hybridized carbons (Fsp3) is 0.538. The number of benzene rings is 1. The van der Waals surface area contributed by atoms with Gasteiger partial charge in [0.25, 0.3) is 0 Å². The minimum Gasteiger partial charge on any atom is -0.494 e. The molecule has 2 rings (SSSR count). The summed E-state index contributed by atoms with van der Waals surface area (Å²) in [6.07, 6.45) is 2.41. The number of hydrogen-bond donors (Lipinski definition) is 2. The summed E-state index contributed by atoms with van der Waals surface area (Å²) < 4.78 is 18.3. The van der Waals surface area contributed by atoms with Crippen molar-refractivity contribution in [2.24, 2.45) is 0 Å². The van der Waals surface area contributed by atoms with Crippen molar-refractivity contribution in [3.63, 3.8) is 0 Å². The lowest BCUT2D eigenvalue weighted by Gasteiger charge is -2.21. The molecular formula is C13H20FN3O. The van der Waals surface area contributed by atoms with Crippen molar-refractivity contribution < 1.29 is 9.13 Å². The fourth-order valence-corrected chi connectivity index (χ4v) is 2.34. The average molecular weight is 253 g/mol. The van der Waals surface area contributed by atoms with Crippen LogP contribution in [0.4, 0.5) is 15.8 Å². The zero-order chi connectivity index (χ0) is 13.1. The van der Waals surface area contributed by atoms with Crippen LogP contribution in [0.15, 0.2) is 12.1 Å². The van der Waals surface area contributed by atoms with Gasteiger partial charge in [-0.05, 0) is 26.4 Å². The standard InChI is InChI=1S/C13H20FN3O/c1-17-5-3-4-9(17)8-16-12-7-13(18-2)10(14)6-11(12)15/h6-7,9,16H,3-5,8,15H2,1-2H3. The van der Waals surface area contributed by atoms with E-state index in [4.69, 9.17) is 10.5 Å². The molecule has 18 heavy (non-hydrogen) atoms. The van der Waals surface area contributed by atoms with Crippen molar-refractivity contribution in [3.05, 3.63) is 17.9 Å². The Labute approximate surface area is 107 Å². The number of hydrogen-bond acceptors (Lipinski definition) is 4. The Balaban J connectivity index is 2.04. The van der Waals surface area contributed by atoms with Gasteiger partial charge in [-0.2, -0.15) is 0 Å². The summed E-state index contributed by atoms with van der Waals surface area (Å²) in [7, 11) is 3.57. The maximum absolute atomic E-state index is 13.4. The molecule has 1 saturated heterocycles. The van der Waals surface area contributed by atoms with Gasteiger partial charge < -0.3 is 20.7 Å². The Hall–Kier alpha value is -1.49. The van der Waals surface area contributed by atoms with E-state index < -0.39 is 5.82 Å². The van der Waals surface area contributed by atoms with Crippen LogP contribution in [0.25, 0.3) is 0 Å². The third kappa shape index (κ3) is 2.67. The van der Waals surface area contributed by atoms with E-state index in [-0.39, 0.29) is 5.75 Å². The van der Waals surface area contributed by atoms with Crippen LogP contribution in [0, 0.1) is 5.82 Å². The van der Waals surface area contributed by atoms with Gasteiger partial charge in [0, 0.05) is 24.7 Å². The van der Waals surface area contributed by atoms with Gasteiger partial charge in [0.2, 0.25) is 0 Å². The largest absolute Gasteiger partial charge is 0.494 e. The number of halogens is 1. The topological polar surface area (TPSA) is 50.5 Å². The van der Waals surface area contributed by atoms with Gasteiger partial charge in [-0.3, -0.25) is 0 Å². The van der Waals surface area contributed by atoms with Gasteiger partial charge in [0.1, 0.15) is 0 Å². The molecular weight excluding hydrogens is 233 g/mol. The van der Waals surface area contributed by atoms with Crippen LogP contribution in [0.5, 0.6) is 5.75 Å². The molecule has 0 spiro atoms. The van der Waals surface area contributed by atoms with Crippen LogP contribution in [0.2, 0.25) is 0 Å². The number of nitrogens with two attached hydrogens (primary N) is 1. The summed E-state index contributed by atoms with van der Waals surface area (Å²) in [4.78, 5) is 2.32. The Morgan fingerprint density at radius 3 is 2.94 bits per heavy atom. The SMILES string of the molecule is COc1cc(NCC2CCCN2C)c(N)cc1F. The summed E-state index contributed by atoms with van der Waals surface area (Å²) >= 11 is 0. The second-order valence-electron chi connectivity index (χ2n) is 4.73. The molecule has 4 nitrogen and oxygen atoms in total. The first-order valence-electron chi connectivity index (χ1n) is 6.19. The second kappa shape index (κ2) is 5.44. The van der Waals surface area contributed by atoms with E-state index in [1.807, 2.05) is 0 Å². The molecule has 1 atom stereocenters. The van der Waals surface area contributed by atoms with Crippen LogP contribution >= 0.6 is 0 Å². The van der Waals surface area contributed by atoms with Crippen molar-refractivity contribution in [1.82, 2.24) is 4.90 Å². The van der Waals surface area contributed by atoms with E-state index in [0.717, 1.165) is 18.8 Å². The third-order valence-electron chi connectivity index (χ3n) is 3.52. The highest BCUT2D eigenvalue weighted by Crippen LogP contribution is 2.28. The molecule has 0 aromatic heterocycles. The molecule has 5 heteroatoms. The predicted molar refractivity (Wildman–Crippen MR) is 71.5 cm³/mol. The van der Waals surface area contributed by atoms with E-state index in [2.05, 4.69) is 17.3 Å². The lowest BCUT2D eigenvalue weighted by molar-refractivity contribution is 0.322. The Kier molecular flexibility index (Phi) is 3.91. The summed E-state index contributed by atoms with van der Waals surface area (Å²) in [6.45, 7) is 1.95. The Morgan fingerprint density at radius 1 is 1.56 bits per heavy atom. The summed E-state index contributed by atoms with van der Waals surface area (Å²) in [5, 5.41) is 3.27. The van der Waals surface area contributed by atoms with E-state index in [1.54, 1.807) is 6.07 Å². The van der Waals surface area contributed by atoms with Gasteiger partial charge in [0.15, 0.2) is 11.6 Å². The minimum atomic E-state index is -0.432. The third-order valence-corrected chi connectivity index (χ3v) is 3.52. The monoisotopic (exact) mass is 253 g/mol. The number of anilines is 2. The number of rotatable bonds is 4. The molecule has 0 saturated carbocycles. The van der Waals surface area contributed by atoms with E-state index >= 15 is 0 Å².